The van der Waals surface area contributed by atoms with Crippen LogP contribution in [-0.2, 0) is 11.2 Å². The Bertz CT molecular complexity index is 670. The Morgan fingerprint density at radius 3 is 2.91 bits per heavy atom. The number of anilines is 1. The maximum Gasteiger partial charge on any atom is 0.141 e. The van der Waals surface area contributed by atoms with Crippen LogP contribution in [0.15, 0.2) is 0 Å². The van der Waals surface area contributed by atoms with E-state index in [-0.39, 0.29) is 0 Å². The Morgan fingerprint density at radius 1 is 1.36 bits per heavy atom. The molecule has 2 aromatic rings. The van der Waals surface area contributed by atoms with E-state index in [9.17, 15) is 0 Å². The van der Waals surface area contributed by atoms with E-state index in [4.69, 9.17) is 20.4 Å². The van der Waals surface area contributed by atoms with E-state index in [0.29, 0.717) is 12.6 Å². The van der Waals surface area contributed by atoms with Gasteiger partial charge >= 0.3 is 0 Å². The van der Waals surface area contributed by atoms with Gasteiger partial charge in [-0.05, 0) is 38.8 Å². The molecule has 1 saturated heterocycles. The fourth-order valence-corrected chi connectivity index (χ4v) is 4.24. The molecule has 3 heterocycles. The molecule has 2 N–H and O–H groups in total. The predicted octanol–water partition coefficient (Wildman–Crippen LogP) is 2.42. The van der Waals surface area contributed by atoms with Gasteiger partial charge in [0, 0.05) is 25.0 Å². The highest BCUT2D eigenvalue weighted by Gasteiger charge is 2.28. The molecule has 0 unspecified atom stereocenters. The van der Waals surface area contributed by atoms with Crippen molar-refractivity contribution in [3.63, 3.8) is 0 Å². The molecular weight excluding hydrogens is 296 g/mol. The summed E-state index contributed by atoms with van der Waals surface area (Å²) < 4.78 is 5.40. The second-order valence-electron chi connectivity index (χ2n) is 5.91. The molecule has 0 radical (unpaired) electrons. The van der Waals surface area contributed by atoms with Crippen LogP contribution in [-0.4, -0.2) is 42.8 Å². The number of ether oxygens (including phenoxy) is 1. The molecule has 0 spiro atoms. The number of nitrogens with zero attached hydrogens (tertiary/aromatic N) is 3. The lowest BCUT2D eigenvalue weighted by atomic mass is 10.2. The molecule has 0 aliphatic carbocycles. The van der Waals surface area contributed by atoms with Crippen LogP contribution in [0.25, 0.3) is 10.2 Å². The van der Waals surface area contributed by atoms with Gasteiger partial charge in [0.2, 0.25) is 0 Å². The number of aryl methyl sites for hydroxylation is 2. The fraction of sp³-hybridized carbons (Fsp3) is 0.625. The second-order valence-corrected chi connectivity index (χ2v) is 7.11. The average Bonchev–Trinajstić information content (AvgIpc) is 3.05. The van der Waals surface area contributed by atoms with Crippen LogP contribution in [0.5, 0.6) is 0 Å². The van der Waals surface area contributed by atoms with Crippen LogP contribution < -0.4 is 10.6 Å². The third-order valence-corrected chi connectivity index (χ3v) is 5.53. The molecule has 0 bridgehead atoms. The summed E-state index contributed by atoms with van der Waals surface area (Å²) in [6.45, 7) is 6.70. The van der Waals surface area contributed by atoms with Gasteiger partial charge in [0.25, 0.3) is 0 Å². The zero-order chi connectivity index (χ0) is 15.7. The summed E-state index contributed by atoms with van der Waals surface area (Å²) in [5.74, 6) is 1.93. The van der Waals surface area contributed by atoms with E-state index in [1.807, 2.05) is 0 Å². The molecule has 6 heteroatoms. The molecule has 1 fully saturated rings. The van der Waals surface area contributed by atoms with Crippen LogP contribution in [0, 0.1) is 13.8 Å². The van der Waals surface area contributed by atoms with E-state index in [2.05, 4.69) is 18.7 Å². The Morgan fingerprint density at radius 2 is 2.18 bits per heavy atom. The van der Waals surface area contributed by atoms with Crippen molar-refractivity contribution in [1.82, 2.24) is 9.97 Å². The smallest absolute Gasteiger partial charge is 0.141 e. The minimum Gasteiger partial charge on any atom is -0.383 e. The number of hydrogen-bond donors (Lipinski definition) is 1. The van der Waals surface area contributed by atoms with Crippen molar-refractivity contribution in [2.24, 2.45) is 5.73 Å². The van der Waals surface area contributed by atoms with E-state index in [1.165, 1.54) is 22.2 Å². The van der Waals surface area contributed by atoms with Gasteiger partial charge in [-0.2, -0.15) is 0 Å². The first-order chi connectivity index (χ1) is 10.7. The third-order valence-electron chi connectivity index (χ3n) is 4.43. The lowest BCUT2D eigenvalue weighted by Gasteiger charge is -2.26. The first-order valence-electron chi connectivity index (χ1n) is 7.88. The molecule has 0 aromatic carbocycles. The molecule has 2 aromatic heterocycles. The van der Waals surface area contributed by atoms with Gasteiger partial charge < -0.3 is 15.4 Å². The van der Waals surface area contributed by atoms with E-state index in [1.54, 1.807) is 18.4 Å². The third kappa shape index (κ3) is 2.71. The minimum absolute atomic E-state index is 0.411. The number of hydrogen-bond acceptors (Lipinski definition) is 6. The van der Waals surface area contributed by atoms with Crippen molar-refractivity contribution in [1.29, 1.82) is 0 Å². The number of thiophene rings is 1. The van der Waals surface area contributed by atoms with E-state index in [0.717, 1.165) is 42.5 Å². The number of aromatic nitrogens is 2. The first-order valence-corrected chi connectivity index (χ1v) is 8.69. The van der Waals surface area contributed by atoms with Crippen molar-refractivity contribution in [3.8, 4) is 0 Å². The van der Waals surface area contributed by atoms with Crippen molar-refractivity contribution in [2.45, 2.75) is 39.2 Å². The lowest BCUT2D eigenvalue weighted by molar-refractivity contribution is 0.180. The zero-order valence-electron chi connectivity index (χ0n) is 13.6. The van der Waals surface area contributed by atoms with Crippen molar-refractivity contribution >= 4 is 27.4 Å². The maximum absolute atomic E-state index is 5.71. The quantitative estimate of drug-likeness (QED) is 0.916. The molecule has 0 saturated carbocycles. The van der Waals surface area contributed by atoms with Crippen LogP contribution in [0.3, 0.4) is 0 Å². The normalized spacial score (nSPS) is 18.5. The molecule has 120 valence electrons. The highest BCUT2D eigenvalue weighted by atomic mass is 32.1. The topological polar surface area (TPSA) is 64.3 Å². The first kappa shape index (κ1) is 15.6. The largest absolute Gasteiger partial charge is 0.383 e. The summed E-state index contributed by atoms with van der Waals surface area (Å²) >= 11 is 1.76. The SMILES string of the molecule is COC[C@H]1CCCN1c1nc(CCN)nc2sc(C)c(C)c12. The Kier molecular flexibility index (Phi) is 4.61. The molecule has 22 heavy (non-hydrogen) atoms. The van der Waals surface area contributed by atoms with Crippen molar-refractivity contribution in [3.05, 3.63) is 16.3 Å². The van der Waals surface area contributed by atoms with Gasteiger partial charge in [-0.1, -0.05) is 0 Å². The number of rotatable bonds is 5. The monoisotopic (exact) mass is 320 g/mol. The van der Waals surface area contributed by atoms with Gasteiger partial charge in [-0.3, -0.25) is 0 Å². The lowest BCUT2D eigenvalue weighted by Crippen LogP contribution is -2.34. The number of fused-ring (bicyclic) bond motifs is 1. The van der Waals surface area contributed by atoms with Gasteiger partial charge in [-0.15, -0.1) is 11.3 Å². The summed E-state index contributed by atoms with van der Waals surface area (Å²) in [5.41, 5.74) is 7.01. The highest BCUT2D eigenvalue weighted by molar-refractivity contribution is 7.18. The molecule has 3 rings (SSSR count). The Balaban J connectivity index is 2.13. The molecule has 1 aliphatic rings. The molecular formula is C16H24N4OS. The number of methoxy groups -OCH3 is 1. The van der Waals surface area contributed by atoms with E-state index >= 15 is 0 Å². The van der Waals surface area contributed by atoms with Crippen LogP contribution >= 0.6 is 11.3 Å². The molecule has 1 aliphatic heterocycles. The van der Waals surface area contributed by atoms with Gasteiger partial charge in [0.05, 0.1) is 18.0 Å². The van der Waals surface area contributed by atoms with Crippen LogP contribution in [0.4, 0.5) is 5.82 Å². The second kappa shape index (κ2) is 6.48. The summed E-state index contributed by atoms with van der Waals surface area (Å²) in [7, 11) is 1.77. The summed E-state index contributed by atoms with van der Waals surface area (Å²) in [4.78, 5) is 14.4. The Labute approximate surface area is 135 Å². The number of nitrogens with two attached hydrogens (primary N) is 1. The molecule has 0 amide bonds. The predicted molar refractivity (Wildman–Crippen MR) is 91.9 cm³/mol. The minimum atomic E-state index is 0.411. The Hall–Kier alpha value is -1.24. The zero-order valence-corrected chi connectivity index (χ0v) is 14.4. The molecule has 5 nitrogen and oxygen atoms in total. The maximum atomic E-state index is 5.71. The van der Waals surface area contributed by atoms with Crippen molar-refractivity contribution in [2.75, 3.05) is 31.7 Å². The summed E-state index contributed by atoms with van der Waals surface area (Å²) in [5, 5.41) is 1.21. The highest BCUT2D eigenvalue weighted by Crippen LogP contribution is 2.37. The standard InChI is InChI=1S/C16H24N4OS/c1-10-11(2)22-16-14(10)15(18-13(19-16)6-7-17)20-8-4-5-12(20)9-21-3/h12H,4-9,17H2,1-3H3/t12-/m1/s1. The molecule has 1 atom stereocenters. The fourth-order valence-electron chi connectivity index (χ4n) is 3.20. The van der Waals surface area contributed by atoms with Crippen LogP contribution in [0.2, 0.25) is 0 Å². The van der Waals surface area contributed by atoms with Gasteiger partial charge in [0.1, 0.15) is 16.5 Å². The summed E-state index contributed by atoms with van der Waals surface area (Å²) in [6, 6.07) is 0.411. The van der Waals surface area contributed by atoms with Crippen LogP contribution in [0.1, 0.15) is 29.1 Å². The van der Waals surface area contributed by atoms with E-state index < -0.39 is 0 Å². The summed E-state index contributed by atoms with van der Waals surface area (Å²) in [6.07, 6.45) is 3.07. The average molecular weight is 320 g/mol. The van der Waals surface area contributed by atoms with Gasteiger partial charge in [-0.25, -0.2) is 9.97 Å². The van der Waals surface area contributed by atoms with Crippen molar-refractivity contribution < 1.29 is 4.74 Å². The van der Waals surface area contributed by atoms with Gasteiger partial charge in [0.15, 0.2) is 0 Å².